The first-order valence-corrected chi connectivity index (χ1v) is 5.05. The molecule has 0 amide bonds. The summed E-state index contributed by atoms with van der Waals surface area (Å²) in [6.45, 7) is 0.480. The molecule has 80 valence electrons. The number of hydrogen-bond donors (Lipinski definition) is 1. The van der Waals surface area contributed by atoms with Gasteiger partial charge in [-0.2, -0.15) is 0 Å². The predicted molar refractivity (Wildman–Crippen MR) is 53.6 cm³/mol. The molecule has 2 rings (SSSR count). The summed E-state index contributed by atoms with van der Waals surface area (Å²) in [6, 6.07) is 3.34. The van der Waals surface area contributed by atoms with E-state index in [4.69, 9.17) is 9.84 Å². The molecule has 1 saturated carbocycles. The second-order valence-corrected chi connectivity index (χ2v) is 3.72. The van der Waals surface area contributed by atoms with Gasteiger partial charge in [-0.05, 0) is 37.0 Å². The van der Waals surface area contributed by atoms with Crippen molar-refractivity contribution in [2.75, 3.05) is 0 Å². The van der Waals surface area contributed by atoms with E-state index in [0.717, 1.165) is 18.4 Å². The molecule has 1 aromatic rings. The molecule has 0 aromatic carbocycles. The van der Waals surface area contributed by atoms with Crippen LogP contribution in [0.4, 0.5) is 0 Å². The summed E-state index contributed by atoms with van der Waals surface area (Å²) < 4.78 is 5.58. The number of rotatable bonds is 4. The third-order valence-corrected chi connectivity index (χ3v) is 2.58. The van der Waals surface area contributed by atoms with E-state index in [9.17, 15) is 4.79 Å². The Morgan fingerprint density at radius 3 is 3.00 bits per heavy atom. The van der Waals surface area contributed by atoms with Crippen LogP contribution in [-0.2, 0) is 11.3 Å². The fourth-order valence-corrected chi connectivity index (χ4v) is 1.43. The fourth-order valence-electron chi connectivity index (χ4n) is 1.43. The third-order valence-electron chi connectivity index (χ3n) is 2.58. The van der Waals surface area contributed by atoms with Crippen molar-refractivity contribution in [2.45, 2.75) is 32.0 Å². The van der Waals surface area contributed by atoms with Gasteiger partial charge >= 0.3 is 5.97 Å². The smallest absolute Gasteiger partial charge is 0.354 e. The molecule has 1 aliphatic carbocycles. The van der Waals surface area contributed by atoms with E-state index in [1.54, 1.807) is 12.1 Å². The van der Waals surface area contributed by atoms with Crippen LogP contribution in [0.25, 0.3) is 0 Å². The number of nitrogens with zero attached hydrogens (tertiary/aromatic N) is 1. The highest BCUT2D eigenvalue weighted by molar-refractivity contribution is 5.85. The van der Waals surface area contributed by atoms with E-state index in [2.05, 4.69) is 4.98 Å². The number of ether oxygens (including phenoxy) is 1. The lowest BCUT2D eigenvalue weighted by Crippen LogP contribution is -2.21. The topological polar surface area (TPSA) is 59.4 Å². The van der Waals surface area contributed by atoms with Gasteiger partial charge in [0.1, 0.15) is 5.69 Å². The van der Waals surface area contributed by atoms with Gasteiger partial charge in [-0.25, -0.2) is 9.78 Å². The molecule has 0 radical (unpaired) electrons. The van der Waals surface area contributed by atoms with Crippen LogP contribution in [0.5, 0.6) is 0 Å². The van der Waals surface area contributed by atoms with Gasteiger partial charge in [-0.3, -0.25) is 0 Å². The maximum absolute atomic E-state index is 10.7. The molecule has 1 aromatic heterocycles. The molecule has 0 aliphatic heterocycles. The molecule has 1 aliphatic rings. The van der Waals surface area contributed by atoms with Crippen LogP contribution in [-0.4, -0.2) is 22.2 Å². The molecule has 4 heteroatoms. The molecule has 1 N–H and O–H groups in total. The Morgan fingerprint density at radius 1 is 1.60 bits per heavy atom. The van der Waals surface area contributed by atoms with Gasteiger partial charge in [0, 0.05) is 6.20 Å². The maximum atomic E-state index is 10.7. The van der Waals surface area contributed by atoms with Crippen molar-refractivity contribution in [1.29, 1.82) is 0 Å². The summed E-state index contributed by atoms with van der Waals surface area (Å²) in [5, 5.41) is 8.74. The predicted octanol–water partition coefficient (Wildman–Crippen LogP) is 1.85. The van der Waals surface area contributed by atoms with E-state index in [1.165, 1.54) is 12.6 Å². The van der Waals surface area contributed by atoms with Crippen LogP contribution in [0.3, 0.4) is 0 Å². The highest BCUT2D eigenvalue weighted by Crippen LogP contribution is 2.23. The third kappa shape index (κ3) is 2.53. The monoisotopic (exact) mass is 207 g/mol. The number of carboxylic acid groups (broad SMARTS) is 1. The van der Waals surface area contributed by atoms with Crippen molar-refractivity contribution in [1.82, 2.24) is 4.98 Å². The highest BCUT2D eigenvalue weighted by Gasteiger charge is 2.17. The lowest BCUT2D eigenvalue weighted by Gasteiger charge is -2.25. The van der Waals surface area contributed by atoms with Crippen molar-refractivity contribution < 1.29 is 14.6 Å². The molecule has 0 saturated heterocycles. The van der Waals surface area contributed by atoms with E-state index in [1.807, 2.05) is 0 Å². The fraction of sp³-hybridized carbons (Fsp3) is 0.455. The van der Waals surface area contributed by atoms with E-state index >= 15 is 0 Å². The summed E-state index contributed by atoms with van der Waals surface area (Å²) in [6.07, 6.45) is 5.35. The Balaban J connectivity index is 1.94. The SMILES string of the molecule is O=C(O)c1cc(COC2CCC2)ccn1. The molecule has 1 fully saturated rings. The zero-order valence-corrected chi connectivity index (χ0v) is 8.35. The van der Waals surface area contributed by atoms with Gasteiger partial charge in [0.05, 0.1) is 12.7 Å². The summed E-state index contributed by atoms with van der Waals surface area (Å²) in [4.78, 5) is 14.4. The quantitative estimate of drug-likeness (QED) is 0.818. The number of aromatic nitrogens is 1. The van der Waals surface area contributed by atoms with Crippen LogP contribution in [0.2, 0.25) is 0 Å². The molecular weight excluding hydrogens is 194 g/mol. The van der Waals surface area contributed by atoms with Crippen molar-refractivity contribution in [3.05, 3.63) is 29.6 Å². The molecule has 0 atom stereocenters. The van der Waals surface area contributed by atoms with Gasteiger partial charge in [-0.1, -0.05) is 0 Å². The Bertz CT molecular complexity index is 361. The van der Waals surface area contributed by atoms with Gasteiger partial charge in [0.25, 0.3) is 0 Å². The lowest BCUT2D eigenvalue weighted by atomic mass is 9.96. The van der Waals surface area contributed by atoms with Gasteiger partial charge in [0.15, 0.2) is 0 Å². The van der Waals surface area contributed by atoms with Gasteiger partial charge < -0.3 is 9.84 Å². The van der Waals surface area contributed by atoms with Crippen LogP contribution >= 0.6 is 0 Å². The van der Waals surface area contributed by atoms with E-state index in [-0.39, 0.29) is 5.69 Å². The van der Waals surface area contributed by atoms with Crippen LogP contribution in [0.1, 0.15) is 35.3 Å². The van der Waals surface area contributed by atoms with Crippen molar-refractivity contribution in [3.8, 4) is 0 Å². The Kier molecular flexibility index (Phi) is 2.97. The number of carboxylic acids is 1. The Hall–Kier alpha value is -1.42. The number of pyridine rings is 1. The molecular formula is C11H13NO3. The van der Waals surface area contributed by atoms with Crippen molar-refractivity contribution in [2.24, 2.45) is 0 Å². The Morgan fingerprint density at radius 2 is 2.40 bits per heavy atom. The van der Waals surface area contributed by atoms with Crippen LogP contribution < -0.4 is 0 Å². The summed E-state index contributed by atoms with van der Waals surface area (Å²) in [5.74, 6) is -1.000. The molecule has 0 spiro atoms. The minimum Gasteiger partial charge on any atom is -0.477 e. The van der Waals surface area contributed by atoms with Crippen molar-refractivity contribution >= 4 is 5.97 Å². The first kappa shape index (κ1) is 10.1. The number of aromatic carboxylic acids is 1. The number of hydrogen-bond acceptors (Lipinski definition) is 3. The molecule has 4 nitrogen and oxygen atoms in total. The summed E-state index contributed by atoms with van der Waals surface area (Å²) in [5.41, 5.74) is 0.944. The average molecular weight is 207 g/mol. The molecule has 1 heterocycles. The minimum atomic E-state index is -1.000. The normalized spacial score (nSPS) is 16.0. The minimum absolute atomic E-state index is 0.0738. The zero-order valence-electron chi connectivity index (χ0n) is 8.35. The molecule has 15 heavy (non-hydrogen) atoms. The highest BCUT2D eigenvalue weighted by atomic mass is 16.5. The van der Waals surface area contributed by atoms with Gasteiger partial charge in [-0.15, -0.1) is 0 Å². The standard InChI is InChI=1S/C11H13NO3/c13-11(14)10-6-8(4-5-12-10)7-15-9-2-1-3-9/h4-6,9H,1-3,7H2,(H,13,14). The van der Waals surface area contributed by atoms with Crippen molar-refractivity contribution in [3.63, 3.8) is 0 Å². The van der Waals surface area contributed by atoms with Crippen LogP contribution in [0, 0.1) is 0 Å². The average Bonchev–Trinajstić information content (AvgIpc) is 2.16. The second-order valence-electron chi connectivity index (χ2n) is 3.72. The van der Waals surface area contributed by atoms with Crippen LogP contribution in [0.15, 0.2) is 18.3 Å². The summed E-state index contributed by atoms with van der Waals surface area (Å²) in [7, 11) is 0. The first-order valence-electron chi connectivity index (χ1n) is 5.05. The first-order chi connectivity index (χ1) is 7.25. The summed E-state index contributed by atoms with van der Waals surface area (Å²) >= 11 is 0. The number of carbonyl (C=O) groups is 1. The second kappa shape index (κ2) is 4.40. The molecule has 0 bridgehead atoms. The zero-order chi connectivity index (χ0) is 10.7. The molecule has 0 unspecified atom stereocenters. The maximum Gasteiger partial charge on any atom is 0.354 e. The lowest BCUT2D eigenvalue weighted by molar-refractivity contribution is -0.00871. The van der Waals surface area contributed by atoms with E-state index in [0.29, 0.717) is 12.7 Å². The van der Waals surface area contributed by atoms with Gasteiger partial charge in [0.2, 0.25) is 0 Å². The Labute approximate surface area is 87.9 Å². The van der Waals surface area contributed by atoms with E-state index < -0.39 is 5.97 Å². The largest absolute Gasteiger partial charge is 0.477 e.